The summed E-state index contributed by atoms with van der Waals surface area (Å²) in [6.45, 7) is 0. The molecule has 0 unspecified atom stereocenters. The monoisotopic (exact) mass is 773 g/mol. The SMILES string of the molecule is c1ccc(N(c2cccc(-c3cccc4sc5ccc6c7ccccc7sc6c5c34)c2)c2cccc3c2-c2ccccc2C3(c2ccccc2)c2ccccc2)cc1. The lowest BCUT2D eigenvalue weighted by atomic mass is 9.68. The van der Waals surface area contributed by atoms with Crippen LogP contribution in [0.25, 0.3) is 62.6 Å². The van der Waals surface area contributed by atoms with Crippen LogP contribution in [0, 0.1) is 0 Å². The second-order valence-electron chi connectivity index (χ2n) is 15.1. The maximum absolute atomic E-state index is 2.47. The van der Waals surface area contributed by atoms with Crippen LogP contribution in [0.4, 0.5) is 17.1 Å². The Morgan fingerprint density at radius 2 is 0.983 bits per heavy atom. The average Bonchev–Trinajstić information content (AvgIpc) is 3.96. The number of rotatable bonds is 6. The second-order valence-corrected chi connectivity index (χ2v) is 17.3. The van der Waals surface area contributed by atoms with Gasteiger partial charge in [-0.2, -0.15) is 0 Å². The first-order chi connectivity index (χ1) is 28.8. The van der Waals surface area contributed by atoms with E-state index >= 15 is 0 Å². The van der Waals surface area contributed by atoms with Gasteiger partial charge in [-0.3, -0.25) is 0 Å². The summed E-state index contributed by atoms with van der Waals surface area (Å²) in [6.07, 6.45) is 0. The number of para-hydroxylation sites is 1. The number of anilines is 3. The van der Waals surface area contributed by atoms with Gasteiger partial charge in [0, 0.05) is 57.3 Å². The Kier molecular flexibility index (Phi) is 7.56. The van der Waals surface area contributed by atoms with Gasteiger partial charge in [0.25, 0.3) is 0 Å². The van der Waals surface area contributed by atoms with Crippen molar-refractivity contribution >= 4 is 80.1 Å². The summed E-state index contributed by atoms with van der Waals surface area (Å²) in [4.78, 5) is 2.47. The van der Waals surface area contributed by atoms with Gasteiger partial charge in [-0.1, -0.05) is 164 Å². The number of hydrogen-bond acceptors (Lipinski definition) is 3. The van der Waals surface area contributed by atoms with E-state index in [1.807, 2.05) is 22.7 Å². The lowest BCUT2D eigenvalue weighted by Gasteiger charge is -2.34. The van der Waals surface area contributed by atoms with Gasteiger partial charge in [0.1, 0.15) is 0 Å². The highest BCUT2D eigenvalue weighted by molar-refractivity contribution is 7.29. The fourth-order valence-electron chi connectivity index (χ4n) is 9.80. The lowest BCUT2D eigenvalue weighted by molar-refractivity contribution is 0.768. The summed E-state index contributed by atoms with van der Waals surface area (Å²) in [7, 11) is 0. The Morgan fingerprint density at radius 1 is 0.379 bits per heavy atom. The van der Waals surface area contributed by atoms with E-state index in [2.05, 4.69) is 217 Å². The fourth-order valence-corrected chi connectivity index (χ4v) is 12.3. The number of hydrogen-bond donors (Lipinski definition) is 0. The standard InChI is InChI=1S/C55H35NS2/c1-4-18-37(19-5-1)55(38-20-6-2-7-21-38)45-28-12-10-26-44(45)51-46(55)29-16-30-47(51)56(39-22-8-3-9-23-39)40-24-14-17-36(35-40)41-27-15-32-49-52(41)53-50(57-49)34-33-43-42-25-11-13-31-48(42)58-54(43)53/h1-35H. The molecule has 272 valence electrons. The van der Waals surface area contributed by atoms with Gasteiger partial charge in [-0.05, 0) is 87.5 Å². The van der Waals surface area contributed by atoms with E-state index in [0.29, 0.717) is 0 Å². The van der Waals surface area contributed by atoms with Crippen molar-refractivity contribution in [2.24, 2.45) is 0 Å². The third-order valence-electron chi connectivity index (χ3n) is 12.1. The minimum atomic E-state index is -0.484. The van der Waals surface area contributed by atoms with Gasteiger partial charge >= 0.3 is 0 Å². The maximum Gasteiger partial charge on any atom is 0.0714 e. The summed E-state index contributed by atoms with van der Waals surface area (Å²) in [5.41, 5.74) is 13.0. The topological polar surface area (TPSA) is 3.24 Å². The number of thiophene rings is 2. The van der Waals surface area contributed by atoms with E-state index < -0.39 is 5.41 Å². The van der Waals surface area contributed by atoms with Crippen molar-refractivity contribution in [2.75, 3.05) is 4.90 Å². The van der Waals surface area contributed by atoms with Gasteiger partial charge in [-0.25, -0.2) is 0 Å². The first-order valence-electron chi connectivity index (χ1n) is 19.8. The molecule has 3 heteroatoms. The molecule has 11 aromatic rings. The molecular weight excluding hydrogens is 739 g/mol. The van der Waals surface area contributed by atoms with E-state index in [-0.39, 0.29) is 0 Å². The minimum Gasteiger partial charge on any atom is -0.310 e. The van der Waals surface area contributed by atoms with Crippen molar-refractivity contribution in [1.29, 1.82) is 0 Å². The highest BCUT2D eigenvalue weighted by Crippen LogP contribution is 2.59. The molecule has 9 aromatic carbocycles. The van der Waals surface area contributed by atoms with Crippen LogP contribution in [0.1, 0.15) is 22.3 Å². The second kappa shape index (κ2) is 13.1. The van der Waals surface area contributed by atoms with Crippen molar-refractivity contribution < 1.29 is 0 Å². The summed E-state index contributed by atoms with van der Waals surface area (Å²) in [6, 6.07) is 78.5. The van der Waals surface area contributed by atoms with Gasteiger partial charge < -0.3 is 4.90 Å². The molecule has 1 aliphatic rings. The Balaban J connectivity index is 1.11. The maximum atomic E-state index is 2.47. The van der Waals surface area contributed by atoms with Crippen LogP contribution in [0.3, 0.4) is 0 Å². The average molecular weight is 774 g/mol. The number of benzene rings is 9. The van der Waals surface area contributed by atoms with Gasteiger partial charge in [-0.15, -0.1) is 22.7 Å². The van der Waals surface area contributed by atoms with Crippen LogP contribution < -0.4 is 4.90 Å². The molecule has 0 amide bonds. The van der Waals surface area contributed by atoms with Crippen LogP contribution in [-0.4, -0.2) is 0 Å². The van der Waals surface area contributed by atoms with Gasteiger partial charge in [0.15, 0.2) is 0 Å². The molecule has 58 heavy (non-hydrogen) atoms. The molecule has 1 nitrogen and oxygen atoms in total. The quantitative estimate of drug-likeness (QED) is 0.163. The van der Waals surface area contributed by atoms with E-state index in [1.54, 1.807) is 0 Å². The van der Waals surface area contributed by atoms with E-state index in [9.17, 15) is 0 Å². The molecule has 12 rings (SSSR count). The molecule has 0 aliphatic heterocycles. The molecule has 0 radical (unpaired) electrons. The van der Waals surface area contributed by atoms with Crippen molar-refractivity contribution in [2.45, 2.75) is 5.41 Å². The molecule has 0 spiro atoms. The highest BCUT2D eigenvalue weighted by atomic mass is 32.1. The van der Waals surface area contributed by atoms with Crippen LogP contribution in [0.15, 0.2) is 212 Å². The van der Waals surface area contributed by atoms with Crippen molar-refractivity contribution in [3.05, 3.63) is 235 Å². The van der Waals surface area contributed by atoms with Crippen LogP contribution in [0.5, 0.6) is 0 Å². The molecular formula is C55H35NS2. The third kappa shape index (κ3) is 4.81. The van der Waals surface area contributed by atoms with Crippen LogP contribution >= 0.6 is 22.7 Å². The third-order valence-corrected chi connectivity index (χ3v) is 14.5. The first kappa shape index (κ1) is 33.4. The zero-order chi connectivity index (χ0) is 38.2. The molecule has 0 atom stereocenters. The highest BCUT2D eigenvalue weighted by Gasteiger charge is 2.47. The molecule has 2 heterocycles. The van der Waals surface area contributed by atoms with E-state index in [4.69, 9.17) is 0 Å². The molecule has 0 bridgehead atoms. The van der Waals surface area contributed by atoms with Crippen molar-refractivity contribution in [1.82, 2.24) is 0 Å². The van der Waals surface area contributed by atoms with Crippen LogP contribution in [0.2, 0.25) is 0 Å². The Hall–Kier alpha value is -6.78. The molecule has 0 saturated heterocycles. The largest absolute Gasteiger partial charge is 0.310 e. The predicted octanol–water partition coefficient (Wildman–Crippen LogP) is 15.9. The van der Waals surface area contributed by atoms with E-state index in [0.717, 1.165) is 17.1 Å². The Labute approximate surface area is 345 Å². The fraction of sp³-hybridized carbons (Fsp3) is 0.0182. The molecule has 2 aromatic heterocycles. The predicted molar refractivity (Wildman–Crippen MR) is 250 cm³/mol. The van der Waals surface area contributed by atoms with Crippen molar-refractivity contribution in [3.63, 3.8) is 0 Å². The van der Waals surface area contributed by atoms with Gasteiger partial charge in [0.2, 0.25) is 0 Å². The smallest absolute Gasteiger partial charge is 0.0714 e. The normalized spacial score (nSPS) is 13.0. The summed E-state index contributed by atoms with van der Waals surface area (Å²) >= 11 is 3.82. The summed E-state index contributed by atoms with van der Waals surface area (Å²) in [5.74, 6) is 0. The van der Waals surface area contributed by atoms with E-state index in [1.165, 1.54) is 84.9 Å². The number of fused-ring (bicyclic) bond motifs is 10. The Morgan fingerprint density at radius 3 is 1.79 bits per heavy atom. The minimum absolute atomic E-state index is 0.484. The first-order valence-corrected chi connectivity index (χ1v) is 21.5. The number of nitrogens with zero attached hydrogens (tertiary/aromatic N) is 1. The molecule has 1 aliphatic carbocycles. The molecule has 0 saturated carbocycles. The molecule has 0 N–H and O–H groups in total. The van der Waals surface area contributed by atoms with Crippen molar-refractivity contribution in [3.8, 4) is 22.3 Å². The zero-order valence-corrected chi connectivity index (χ0v) is 33.1. The zero-order valence-electron chi connectivity index (χ0n) is 31.5. The van der Waals surface area contributed by atoms with Gasteiger partial charge in [0.05, 0.1) is 11.1 Å². The Bertz CT molecular complexity index is 3300. The van der Waals surface area contributed by atoms with Crippen LogP contribution in [-0.2, 0) is 5.41 Å². The summed E-state index contributed by atoms with van der Waals surface area (Å²) in [5, 5.41) is 5.39. The summed E-state index contributed by atoms with van der Waals surface area (Å²) < 4.78 is 5.36. The molecule has 0 fully saturated rings. The lowest BCUT2D eigenvalue weighted by Crippen LogP contribution is -2.28.